The van der Waals surface area contributed by atoms with Gasteiger partial charge in [0.05, 0.1) is 15.6 Å². The monoisotopic (exact) mass is 297 g/mol. The van der Waals surface area contributed by atoms with E-state index >= 15 is 0 Å². The summed E-state index contributed by atoms with van der Waals surface area (Å²) in [6.07, 6.45) is 2.37. The molecular weight excluding hydrogens is 278 g/mol. The van der Waals surface area contributed by atoms with Gasteiger partial charge in [-0.15, -0.1) is 0 Å². The van der Waals surface area contributed by atoms with Gasteiger partial charge in [0, 0.05) is 18.7 Å². The molecule has 0 unspecified atom stereocenters. The summed E-state index contributed by atoms with van der Waals surface area (Å²) in [5.41, 5.74) is 0.798. The normalized spacial score (nSPS) is 17.1. The molecule has 0 radical (unpaired) electrons. The molecule has 0 atom stereocenters. The Balaban J connectivity index is 1.87. The summed E-state index contributed by atoms with van der Waals surface area (Å²) in [7, 11) is 0. The SMILES string of the molecule is CCN1CCC(CNc2ccc([N+](=O)[O-])cc2Cl)CC1. The van der Waals surface area contributed by atoms with Gasteiger partial charge in [-0.2, -0.15) is 0 Å². The lowest BCUT2D eigenvalue weighted by Gasteiger charge is -2.31. The van der Waals surface area contributed by atoms with Gasteiger partial charge in [-0.05, 0) is 44.5 Å². The number of nitro groups is 1. The van der Waals surface area contributed by atoms with Gasteiger partial charge in [-0.3, -0.25) is 10.1 Å². The topological polar surface area (TPSA) is 58.4 Å². The third kappa shape index (κ3) is 3.84. The molecule has 0 saturated carbocycles. The lowest BCUT2D eigenvalue weighted by Crippen LogP contribution is -2.35. The quantitative estimate of drug-likeness (QED) is 0.668. The van der Waals surface area contributed by atoms with E-state index in [0.29, 0.717) is 10.9 Å². The first-order valence-electron chi connectivity index (χ1n) is 7.00. The third-order valence-corrected chi connectivity index (χ3v) is 4.21. The fraction of sp³-hybridized carbons (Fsp3) is 0.571. The first kappa shape index (κ1) is 15.1. The molecule has 1 aliphatic rings. The number of non-ortho nitro benzene ring substituents is 1. The molecule has 0 bridgehead atoms. The van der Waals surface area contributed by atoms with Gasteiger partial charge in [0.2, 0.25) is 0 Å². The van der Waals surface area contributed by atoms with E-state index in [2.05, 4.69) is 17.1 Å². The molecule has 20 heavy (non-hydrogen) atoms. The Morgan fingerprint density at radius 2 is 2.15 bits per heavy atom. The molecular formula is C14H20ClN3O2. The standard InChI is InChI=1S/C14H20ClN3O2/c1-2-17-7-5-11(6-8-17)10-16-14-4-3-12(18(19)20)9-13(14)15/h3-4,9,11,16H,2,5-8,10H2,1H3. The Kier molecular flexibility index (Phi) is 5.20. The van der Waals surface area contributed by atoms with Crippen LogP contribution in [0, 0.1) is 16.0 Å². The number of nitrogens with one attached hydrogen (secondary N) is 1. The van der Waals surface area contributed by atoms with E-state index in [0.717, 1.165) is 31.9 Å². The molecule has 1 fully saturated rings. The highest BCUT2D eigenvalue weighted by molar-refractivity contribution is 6.33. The van der Waals surface area contributed by atoms with E-state index in [1.54, 1.807) is 6.07 Å². The molecule has 0 aliphatic carbocycles. The summed E-state index contributed by atoms with van der Waals surface area (Å²) >= 11 is 6.06. The Morgan fingerprint density at radius 3 is 2.70 bits per heavy atom. The predicted octanol–water partition coefficient (Wildman–Crippen LogP) is 3.39. The summed E-state index contributed by atoms with van der Waals surface area (Å²) in [6, 6.07) is 4.55. The van der Waals surface area contributed by atoms with Crippen LogP contribution < -0.4 is 5.32 Å². The zero-order valence-corrected chi connectivity index (χ0v) is 12.4. The summed E-state index contributed by atoms with van der Waals surface area (Å²) in [6.45, 7) is 6.48. The van der Waals surface area contributed by atoms with Crippen LogP contribution in [0.2, 0.25) is 5.02 Å². The molecule has 1 heterocycles. The van der Waals surface area contributed by atoms with Crippen molar-refractivity contribution in [1.29, 1.82) is 0 Å². The van der Waals surface area contributed by atoms with Crippen molar-refractivity contribution in [3.63, 3.8) is 0 Å². The molecule has 2 rings (SSSR count). The largest absolute Gasteiger partial charge is 0.384 e. The molecule has 1 aromatic rings. The predicted molar refractivity (Wildman–Crippen MR) is 81.4 cm³/mol. The number of anilines is 1. The van der Waals surface area contributed by atoms with Crippen LogP contribution in [-0.4, -0.2) is 36.0 Å². The van der Waals surface area contributed by atoms with Crippen molar-refractivity contribution in [2.45, 2.75) is 19.8 Å². The summed E-state index contributed by atoms with van der Waals surface area (Å²) in [5.74, 6) is 0.643. The second-order valence-electron chi connectivity index (χ2n) is 5.18. The van der Waals surface area contributed by atoms with E-state index in [4.69, 9.17) is 11.6 Å². The smallest absolute Gasteiger partial charge is 0.271 e. The molecule has 6 heteroatoms. The van der Waals surface area contributed by atoms with Gasteiger partial charge in [0.1, 0.15) is 0 Å². The van der Waals surface area contributed by atoms with Crippen molar-refractivity contribution in [2.24, 2.45) is 5.92 Å². The minimum Gasteiger partial charge on any atom is -0.384 e. The van der Waals surface area contributed by atoms with E-state index in [1.807, 2.05) is 0 Å². The Morgan fingerprint density at radius 1 is 1.45 bits per heavy atom. The molecule has 0 spiro atoms. The van der Waals surface area contributed by atoms with Gasteiger partial charge >= 0.3 is 0 Å². The molecule has 5 nitrogen and oxygen atoms in total. The lowest BCUT2D eigenvalue weighted by atomic mass is 9.97. The highest BCUT2D eigenvalue weighted by Crippen LogP contribution is 2.27. The van der Waals surface area contributed by atoms with Crippen LogP contribution >= 0.6 is 11.6 Å². The number of rotatable bonds is 5. The minimum absolute atomic E-state index is 0.0248. The molecule has 0 aromatic heterocycles. The average molecular weight is 298 g/mol. The van der Waals surface area contributed by atoms with Crippen molar-refractivity contribution in [3.05, 3.63) is 33.3 Å². The highest BCUT2D eigenvalue weighted by Gasteiger charge is 2.18. The number of nitro benzene ring substituents is 1. The second kappa shape index (κ2) is 6.90. The Hall–Kier alpha value is -1.33. The second-order valence-corrected chi connectivity index (χ2v) is 5.59. The first-order chi connectivity index (χ1) is 9.60. The van der Waals surface area contributed by atoms with Crippen LogP contribution in [0.15, 0.2) is 18.2 Å². The number of nitrogens with zero attached hydrogens (tertiary/aromatic N) is 2. The lowest BCUT2D eigenvalue weighted by molar-refractivity contribution is -0.384. The molecule has 1 aliphatic heterocycles. The zero-order valence-electron chi connectivity index (χ0n) is 11.6. The Labute approximate surface area is 124 Å². The number of hydrogen-bond acceptors (Lipinski definition) is 4. The summed E-state index contributed by atoms with van der Waals surface area (Å²) < 4.78 is 0. The maximum absolute atomic E-state index is 10.7. The maximum atomic E-state index is 10.7. The number of benzene rings is 1. The average Bonchev–Trinajstić information content (AvgIpc) is 2.46. The number of piperidine rings is 1. The molecule has 110 valence electrons. The fourth-order valence-corrected chi connectivity index (χ4v) is 2.76. The van der Waals surface area contributed by atoms with Crippen LogP contribution in [0.4, 0.5) is 11.4 Å². The number of likely N-dealkylation sites (tertiary alicyclic amines) is 1. The van der Waals surface area contributed by atoms with Gasteiger partial charge < -0.3 is 10.2 Å². The van der Waals surface area contributed by atoms with Crippen LogP contribution in [-0.2, 0) is 0 Å². The third-order valence-electron chi connectivity index (χ3n) is 3.90. The molecule has 1 aromatic carbocycles. The molecule has 0 amide bonds. The van der Waals surface area contributed by atoms with Gasteiger partial charge in [0.15, 0.2) is 0 Å². The maximum Gasteiger partial charge on any atom is 0.271 e. The molecule has 1 saturated heterocycles. The van der Waals surface area contributed by atoms with Gasteiger partial charge in [0.25, 0.3) is 5.69 Å². The molecule has 1 N–H and O–H groups in total. The van der Waals surface area contributed by atoms with E-state index < -0.39 is 4.92 Å². The zero-order chi connectivity index (χ0) is 14.5. The van der Waals surface area contributed by atoms with Gasteiger partial charge in [-0.25, -0.2) is 0 Å². The Bertz CT molecular complexity index is 473. The van der Waals surface area contributed by atoms with Crippen LogP contribution in [0.5, 0.6) is 0 Å². The summed E-state index contributed by atoms with van der Waals surface area (Å²) in [5, 5.41) is 14.4. The van der Waals surface area contributed by atoms with E-state index in [-0.39, 0.29) is 5.69 Å². The van der Waals surface area contributed by atoms with E-state index in [9.17, 15) is 10.1 Å². The van der Waals surface area contributed by atoms with Crippen molar-refractivity contribution in [2.75, 3.05) is 31.5 Å². The fourth-order valence-electron chi connectivity index (χ4n) is 2.52. The minimum atomic E-state index is -0.434. The van der Waals surface area contributed by atoms with Crippen molar-refractivity contribution < 1.29 is 4.92 Å². The summed E-state index contributed by atoms with van der Waals surface area (Å²) in [4.78, 5) is 12.7. The van der Waals surface area contributed by atoms with Crippen molar-refractivity contribution >= 4 is 23.0 Å². The highest BCUT2D eigenvalue weighted by atomic mass is 35.5. The number of hydrogen-bond donors (Lipinski definition) is 1. The van der Waals surface area contributed by atoms with Crippen LogP contribution in [0.25, 0.3) is 0 Å². The van der Waals surface area contributed by atoms with Crippen LogP contribution in [0.1, 0.15) is 19.8 Å². The van der Waals surface area contributed by atoms with Crippen molar-refractivity contribution in [3.8, 4) is 0 Å². The van der Waals surface area contributed by atoms with Gasteiger partial charge in [-0.1, -0.05) is 18.5 Å². The van der Waals surface area contributed by atoms with Crippen LogP contribution in [0.3, 0.4) is 0 Å². The van der Waals surface area contributed by atoms with E-state index in [1.165, 1.54) is 25.0 Å². The van der Waals surface area contributed by atoms with Crippen molar-refractivity contribution in [1.82, 2.24) is 4.90 Å². The first-order valence-corrected chi connectivity index (χ1v) is 7.38. The number of halogens is 1.